The number of hydrogen-bond acceptors (Lipinski definition) is 1. The van der Waals surface area contributed by atoms with Crippen molar-refractivity contribution in [3.63, 3.8) is 0 Å². The molecule has 0 heterocycles. The second kappa shape index (κ2) is 6.22. The van der Waals surface area contributed by atoms with Crippen LogP contribution in [0.3, 0.4) is 0 Å². The molecule has 0 fully saturated rings. The standard InChI is InChI=1S/C7H15OP/c1-3-9-6-4-5-7(2)8/h9H,3-6H2,1-2H3. The summed E-state index contributed by atoms with van der Waals surface area (Å²) in [5, 5.41) is 0. The van der Waals surface area contributed by atoms with Crippen molar-refractivity contribution in [1.29, 1.82) is 0 Å². The molecule has 0 N–H and O–H groups in total. The molecule has 9 heavy (non-hydrogen) atoms. The molecule has 0 aromatic rings. The highest BCUT2D eigenvalue weighted by atomic mass is 31.1. The van der Waals surface area contributed by atoms with Crippen molar-refractivity contribution in [3.8, 4) is 0 Å². The van der Waals surface area contributed by atoms with E-state index >= 15 is 0 Å². The van der Waals surface area contributed by atoms with Crippen molar-refractivity contribution >= 4 is 14.4 Å². The van der Waals surface area contributed by atoms with Crippen LogP contribution in [-0.2, 0) is 4.79 Å². The average Bonchev–Trinajstić information content (AvgIpc) is 1.80. The summed E-state index contributed by atoms with van der Waals surface area (Å²) in [6.45, 7) is 3.85. The molecule has 0 aliphatic heterocycles. The van der Waals surface area contributed by atoms with Gasteiger partial charge in [0, 0.05) is 6.42 Å². The van der Waals surface area contributed by atoms with Crippen LogP contribution in [0.2, 0.25) is 0 Å². The Balaban J connectivity index is 2.83. The van der Waals surface area contributed by atoms with Crippen LogP contribution < -0.4 is 0 Å². The Morgan fingerprint density at radius 2 is 2.22 bits per heavy atom. The Morgan fingerprint density at radius 3 is 2.67 bits per heavy atom. The second-order valence-electron chi connectivity index (χ2n) is 2.16. The zero-order chi connectivity index (χ0) is 7.11. The molecule has 0 bridgehead atoms. The quantitative estimate of drug-likeness (QED) is 0.428. The van der Waals surface area contributed by atoms with Crippen LogP contribution in [0, 0.1) is 0 Å². The van der Waals surface area contributed by atoms with Gasteiger partial charge in [0.15, 0.2) is 0 Å². The van der Waals surface area contributed by atoms with Crippen LogP contribution >= 0.6 is 8.58 Å². The van der Waals surface area contributed by atoms with Gasteiger partial charge in [-0.05, 0) is 25.7 Å². The Labute approximate surface area is 59.0 Å². The Morgan fingerprint density at radius 1 is 1.56 bits per heavy atom. The largest absolute Gasteiger partial charge is 0.300 e. The summed E-state index contributed by atoms with van der Waals surface area (Å²) in [5.41, 5.74) is 0. The van der Waals surface area contributed by atoms with E-state index < -0.39 is 0 Å². The maximum atomic E-state index is 10.4. The molecule has 0 aliphatic carbocycles. The van der Waals surface area contributed by atoms with Crippen LogP contribution in [-0.4, -0.2) is 18.1 Å². The highest BCUT2D eigenvalue weighted by Gasteiger charge is 1.90. The molecule has 2 heteroatoms. The van der Waals surface area contributed by atoms with Crippen molar-refractivity contribution in [1.82, 2.24) is 0 Å². The van der Waals surface area contributed by atoms with Gasteiger partial charge in [0.05, 0.1) is 0 Å². The molecule has 0 amide bonds. The monoisotopic (exact) mass is 146 g/mol. The van der Waals surface area contributed by atoms with Crippen molar-refractivity contribution in [2.24, 2.45) is 0 Å². The minimum Gasteiger partial charge on any atom is -0.300 e. The van der Waals surface area contributed by atoms with Gasteiger partial charge >= 0.3 is 0 Å². The summed E-state index contributed by atoms with van der Waals surface area (Å²) < 4.78 is 0. The van der Waals surface area contributed by atoms with E-state index in [9.17, 15) is 4.79 Å². The van der Waals surface area contributed by atoms with Crippen LogP contribution in [0.15, 0.2) is 0 Å². The molecular formula is C7H15OP. The molecule has 0 saturated carbocycles. The van der Waals surface area contributed by atoms with E-state index in [1.807, 2.05) is 0 Å². The summed E-state index contributed by atoms with van der Waals surface area (Å²) in [4.78, 5) is 10.4. The summed E-state index contributed by atoms with van der Waals surface area (Å²) in [7, 11) is 1.06. The fourth-order valence-corrected chi connectivity index (χ4v) is 1.42. The molecule has 1 atom stereocenters. The van der Waals surface area contributed by atoms with Gasteiger partial charge in [-0.1, -0.05) is 6.92 Å². The van der Waals surface area contributed by atoms with Crippen molar-refractivity contribution in [2.45, 2.75) is 26.7 Å². The SMILES string of the molecule is CCPCCCC(C)=O. The maximum absolute atomic E-state index is 10.4. The molecule has 0 saturated heterocycles. The van der Waals surface area contributed by atoms with Crippen LogP contribution in [0.1, 0.15) is 26.7 Å². The van der Waals surface area contributed by atoms with E-state index in [1.165, 1.54) is 12.3 Å². The highest BCUT2D eigenvalue weighted by molar-refractivity contribution is 7.37. The molecule has 0 aromatic heterocycles. The minimum absolute atomic E-state index is 0.330. The maximum Gasteiger partial charge on any atom is 0.129 e. The third-order valence-electron chi connectivity index (χ3n) is 1.13. The average molecular weight is 146 g/mol. The second-order valence-corrected chi connectivity index (χ2v) is 3.87. The van der Waals surface area contributed by atoms with Gasteiger partial charge in [-0.15, -0.1) is 8.58 Å². The molecule has 0 aromatic carbocycles. The lowest BCUT2D eigenvalue weighted by Gasteiger charge is -1.94. The Bertz CT molecular complexity index is 81.0. The van der Waals surface area contributed by atoms with E-state index in [0.29, 0.717) is 5.78 Å². The third-order valence-corrected chi connectivity index (χ3v) is 2.34. The summed E-state index contributed by atoms with van der Waals surface area (Å²) in [5.74, 6) is 0.330. The molecule has 54 valence electrons. The van der Waals surface area contributed by atoms with E-state index in [4.69, 9.17) is 0 Å². The lowest BCUT2D eigenvalue weighted by molar-refractivity contribution is -0.117. The number of rotatable bonds is 5. The molecular weight excluding hydrogens is 131 g/mol. The number of hydrogen-bond donors (Lipinski definition) is 0. The van der Waals surface area contributed by atoms with E-state index in [0.717, 1.165) is 21.4 Å². The normalized spacial score (nSPS) is 10.9. The lowest BCUT2D eigenvalue weighted by Crippen LogP contribution is -1.89. The molecule has 0 rings (SSSR count). The zero-order valence-electron chi connectivity index (χ0n) is 6.24. The van der Waals surface area contributed by atoms with Crippen molar-refractivity contribution in [3.05, 3.63) is 0 Å². The first-order chi connectivity index (χ1) is 4.27. The first-order valence-corrected chi connectivity index (χ1v) is 4.89. The van der Waals surface area contributed by atoms with Gasteiger partial charge in [-0.3, -0.25) is 0 Å². The molecule has 0 aliphatic rings. The van der Waals surface area contributed by atoms with E-state index in [2.05, 4.69) is 6.92 Å². The third kappa shape index (κ3) is 8.10. The first kappa shape index (κ1) is 9.10. The van der Waals surface area contributed by atoms with Gasteiger partial charge in [0.25, 0.3) is 0 Å². The van der Waals surface area contributed by atoms with E-state index in [1.54, 1.807) is 6.92 Å². The number of carbonyl (C=O) groups is 1. The fourth-order valence-electron chi connectivity index (χ4n) is 0.639. The summed E-state index contributed by atoms with van der Waals surface area (Å²) in [6, 6.07) is 0. The van der Waals surface area contributed by atoms with Gasteiger partial charge in [0.2, 0.25) is 0 Å². The minimum atomic E-state index is 0.330. The van der Waals surface area contributed by atoms with Gasteiger partial charge in [-0.25, -0.2) is 0 Å². The lowest BCUT2D eigenvalue weighted by atomic mass is 10.3. The van der Waals surface area contributed by atoms with Gasteiger partial charge in [0.1, 0.15) is 5.78 Å². The fraction of sp³-hybridized carbons (Fsp3) is 0.857. The van der Waals surface area contributed by atoms with Gasteiger partial charge < -0.3 is 4.79 Å². The van der Waals surface area contributed by atoms with Crippen LogP contribution in [0.4, 0.5) is 0 Å². The Hall–Kier alpha value is 0.100. The predicted molar refractivity (Wildman–Crippen MR) is 43.6 cm³/mol. The smallest absolute Gasteiger partial charge is 0.129 e. The summed E-state index contributed by atoms with van der Waals surface area (Å²) in [6.07, 6.45) is 4.41. The Kier molecular flexibility index (Phi) is 6.29. The van der Waals surface area contributed by atoms with Crippen LogP contribution in [0.5, 0.6) is 0 Å². The molecule has 0 radical (unpaired) electrons. The number of Topliss-reactive ketones (excluding diaryl/α,β-unsaturated/α-hetero) is 1. The van der Waals surface area contributed by atoms with Crippen molar-refractivity contribution in [2.75, 3.05) is 12.3 Å². The summed E-state index contributed by atoms with van der Waals surface area (Å²) >= 11 is 0. The topological polar surface area (TPSA) is 17.1 Å². The highest BCUT2D eigenvalue weighted by Crippen LogP contribution is 2.10. The van der Waals surface area contributed by atoms with E-state index in [-0.39, 0.29) is 0 Å². The van der Waals surface area contributed by atoms with Crippen LogP contribution in [0.25, 0.3) is 0 Å². The van der Waals surface area contributed by atoms with Gasteiger partial charge in [-0.2, -0.15) is 0 Å². The van der Waals surface area contributed by atoms with Crippen molar-refractivity contribution < 1.29 is 4.79 Å². The number of carbonyl (C=O) groups excluding carboxylic acids is 1. The zero-order valence-corrected chi connectivity index (χ0v) is 7.24. The first-order valence-electron chi connectivity index (χ1n) is 3.47. The molecule has 1 nitrogen and oxygen atoms in total. The molecule has 1 unspecified atom stereocenters. The molecule has 0 spiro atoms. The number of ketones is 1. The predicted octanol–water partition coefficient (Wildman–Crippen LogP) is 2.05.